The number of halogens is 3. The third-order valence-corrected chi connectivity index (χ3v) is 7.83. The molecule has 1 fully saturated rings. The second-order valence-electron chi connectivity index (χ2n) is 11.1. The number of aryl methyl sites for hydroxylation is 1. The van der Waals surface area contributed by atoms with Crippen molar-refractivity contribution in [1.29, 1.82) is 0 Å². The molecule has 13 heteroatoms. The molecule has 0 bridgehead atoms. The van der Waals surface area contributed by atoms with Gasteiger partial charge in [0.1, 0.15) is 29.0 Å². The number of hydrogen-bond donors (Lipinski definition) is 0. The van der Waals surface area contributed by atoms with Crippen LogP contribution in [0.2, 0.25) is 0 Å². The molecule has 1 saturated carbocycles. The highest BCUT2D eigenvalue weighted by atomic mass is 19.4. The second-order valence-corrected chi connectivity index (χ2v) is 11.1. The Hall–Kier alpha value is -4.81. The molecule has 7 rings (SSSR count). The molecule has 0 N–H and O–H groups in total. The summed E-state index contributed by atoms with van der Waals surface area (Å²) in [4.78, 5) is 22.5. The molecular weight excluding hydrogens is 559 g/mol. The lowest BCUT2D eigenvalue weighted by atomic mass is 10.1. The summed E-state index contributed by atoms with van der Waals surface area (Å²) in [5, 5.41) is 6.23. The highest BCUT2D eigenvalue weighted by Crippen LogP contribution is 2.45. The molecule has 0 radical (unpaired) electrons. The molecule has 5 heterocycles. The van der Waals surface area contributed by atoms with Crippen LogP contribution in [0.4, 0.5) is 13.2 Å². The van der Waals surface area contributed by atoms with E-state index in [-0.39, 0.29) is 11.9 Å². The fourth-order valence-corrected chi connectivity index (χ4v) is 5.57. The number of fused-ring (bicyclic) bond motifs is 3. The SMILES string of the molecule is COc1ncnc(C2CC2)c1-c1ncc2c3cnn(C)c3n(Cc3ccc(-c4nc(C(F)(F)F)cn4C(C)C)cc3)c2n1. The lowest BCUT2D eigenvalue weighted by molar-refractivity contribution is -0.140. The van der Waals surface area contributed by atoms with Gasteiger partial charge in [0.25, 0.3) is 0 Å². The molecule has 220 valence electrons. The van der Waals surface area contributed by atoms with E-state index >= 15 is 0 Å². The van der Waals surface area contributed by atoms with E-state index in [0.29, 0.717) is 35.3 Å². The number of ether oxygens (including phenoxy) is 1. The summed E-state index contributed by atoms with van der Waals surface area (Å²) in [6.07, 6.45) is 3.75. The molecule has 1 aliphatic rings. The van der Waals surface area contributed by atoms with Gasteiger partial charge in [-0.2, -0.15) is 18.3 Å². The third-order valence-electron chi connectivity index (χ3n) is 7.83. The van der Waals surface area contributed by atoms with Crippen molar-refractivity contribution in [3.05, 3.63) is 66.1 Å². The van der Waals surface area contributed by atoms with E-state index in [4.69, 9.17) is 14.7 Å². The van der Waals surface area contributed by atoms with Gasteiger partial charge < -0.3 is 13.9 Å². The van der Waals surface area contributed by atoms with Gasteiger partial charge in [-0.25, -0.2) is 24.9 Å². The van der Waals surface area contributed by atoms with Crippen LogP contribution in [-0.2, 0) is 19.8 Å². The standard InChI is InChI=1S/C30H28F3N9O/c1-16(2)41-14-22(30(31,32)33)38-26(41)19-7-5-17(6-8-19)13-42-27-20(21-12-37-40(3)29(21)42)11-34-25(39-27)23-24(18-9-10-18)35-15-36-28(23)43-4/h5-8,11-12,14-16,18H,9-10,13H2,1-4H3. The van der Waals surface area contributed by atoms with Crippen molar-refractivity contribution in [2.45, 2.75) is 51.4 Å². The molecular formula is C30H28F3N9O. The van der Waals surface area contributed by atoms with Crippen LogP contribution in [-0.4, -0.2) is 50.9 Å². The zero-order valence-corrected chi connectivity index (χ0v) is 24.0. The lowest BCUT2D eigenvalue weighted by Gasteiger charge is -2.13. The van der Waals surface area contributed by atoms with Crippen LogP contribution in [0.25, 0.3) is 44.8 Å². The average Bonchev–Trinajstić information content (AvgIpc) is 3.49. The van der Waals surface area contributed by atoms with Gasteiger partial charge in [0, 0.05) is 47.7 Å². The number of nitrogens with zero attached hydrogens (tertiary/aromatic N) is 9. The summed E-state index contributed by atoms with van der Waals surface area (Å²) >= 11 is 0. The Morgan fingerprint density at radius 2 is 1.77 bits per heavy atom. The van der Waals surface area contributed by atoms with E-state index in [1.807, 2.05) is 33.0 Å². The van der Waals surface area contributed by atoms with Gasteiger partial charge in [-0.05, 0) is 32.3 Å². The van der Waals surface area contributed by atoms with Crippen LogP contribution in [0, 0.1) is 0 Å². The molecule has 0 spiro atoms. The Bertz CT molecular complexity index is 1980. The van der Waals surface area contributed by atoms with E-state index in [9.17, 15) is 13.2 Å². The van der Waals surface area contributed by atoms with Crippen molar-refractivity contribution >= 4 is 22.1 Å². The lowest BCUT2D eigenvalue weighted by Crippen LogP contribution is -2.07. The van der Waals surface area contributed by atoms with Crippen LogP contribution in [0.1, 0.15) is 55.6 Å². The van der Waals surface area contributed by atoms with Crippen molar-refractivity contribution in [3.8, 4) is 28.7 Å². The van der Waals surface area contributed by atoms with Crippen LogP contribution >= 0.6 is 0 Å². The van der Waals surface area contributed by atoms with Gasteiger partial charge in [0.2, 0.25) is 5.88 Å². The van der Waals surface area contributed by atoms with Gasteiger partial charge in [-0.15, -0.1) is 0 Å². The van der Waals surface area contributed by atoms with Crippen LogP contribution in [0.15, 0.2) is 49.2 Å². The first-order chi connectivity index (χ1) is 20.6. The Morgan fingerprint density at radius 3 is 2.44 bits per heavy atom. The van der Waals surface area contributed by atoms with Gasteiger partial charge in [-0.3, -0.25) is 4.68 Å². The number of aromatic nitrogens is 9. The molecule has 43 heavy (non-hydrogen) atoms. The highest BCUT2D eigenvalue weighted by molar-refractivity contribution is 6.05. The van der Waals surface area contributed by atoms with Crippen LogP contribution < -0.4 is 4.74 Å². The number of methoxy groups -OCH3 is 1. The summed E-state index contributed by atoms with van der Waals surface area (Å²) in [5.74, 6) is 1.53. The molecule has 6 aromatic rings. The first-order valence-corrected chi connectivity index (χ1v) is 14.0. The minimum atomic E-state index is -4.52. The van der Waals surface area contributed by atoms with E-state index in [1.165, 1.54) is 6.33 Å². The predicted molar refractivity (Wildman–Crippen MR) is 154 cm³/mol. The average molecular weight is 588 g/mol. The maximum absolute atomic E-state index is 13.4. The topological polar surface area (TPSA) is 101 Å². The fraction of sp³-hybridized carbons (Fsp3) is 0.333. The minimum absolute atomic E-state index is 0.189. The van der Waals surface area contributed by atoms with E-state index in [1.54, 1.807) is 40.9 Å². The van der Waals surface area contributed by atoms with E-state index in [2.05, 4.69) is 24.6 Å². The normalized spacial score (nSPS) is 14.0. The molecule has 0 amide bonds. The number of benzene rings is 1. The molecule has 1 aliphatic carbocycles. The number of alkyl halides is 3. The maximum Gasteiger partial charge on any atom is 0.434 e. The van der Waals surface area contributed by atoms with E-state index < -0.39 is 11.9 Å². The van der Waals surface area contributed by atoms with Gasteiger partial charge >= 0.3 is 6.18 Å². The van der Waals surface area contributed by atoms with E-state index in [0.717, 1.165) is 52.4 Å². The van der Waals surface area contributed by atoms with Gasteiger partial charge in [0.05, 0.1) is 25.5 Å². The van der Waals surface area contributed by atoms with Gasteiger partial charge in [-0.1, -0.05) is 24.3 Å². The summed E-state index contributed by atoms with van der Waals surface area (Å²) in [5.41, 5.74) is 3.81. The molecule has 5 aromatic heterocycles. The van der Waals surface area contributed by atoms with Crippen LogP contribution in [0.5, 0.6) is 5.88 Å². The maximum atomic E-state index is 13.4. The first kappa shape index (κ1) is 27.0. The van der Waals surface area contributed by atoms with Gasteiger partial charge in [0.15, 0.2) is 11.5 Å². The fourth-order valence-electron chi connectivity index (χ4n) is 5.57. The summed E-state index contributed by atoms with van der Waals surface area (Å²) in [7, 11) is 3.45. The predicted octanol–water partition coefficient (Wildman–Crippen LogP) is 6.17. The molecule has 0 unspecified atom stereocenters. The molecule has 0 aliphatic heterocycles. The zero-order valence-electron chi connectivity index (χ0n) is 24.0. The number of rotatable bonds is 7. The van der Waals surface area contributed by atoms with Crippen LogP contribution in [0.3, 0.4) is 0 Å². The Labute approximate surface area is 244 Å². The summed E-state index contributed by atoms with van der Waals surface area (Å²) in [6, 6.07) is 7.22. The third kappa shape index (κ3) is 4.59. The van der Waals surface area contributed by atoms with Crippen molar-refractivity contribution in [3.63, 3.8) is 0 Å². The summed E-state index contributed by atoms with van der Waals surface area (Å²) < 4.78 is 51.3. The van der Waals surface area contributed by atoms with Crippen molar-refractivity contribution in [2.75, 3.05) is 7.11 Å². The van der Waals surface area contributed by atoms with Crippen molar-refractivity contribution in [1.82, 2.24) is 43.8 Å². The second kappa shape index (κ2) is 9.89. The highest BCUT2D eigenvalue weighted by Gasteiger charge is 2.35. The largest absolute Gasteiger partial charge is 0.480 e. The minimum Gasteiger partial charge on any atom is -0.480 e. The monoisotopic (exact) mass is 587 g/mol. The number of hydrogen-bond acceptors (Lipinski definition) is 7. The van der Waals surface area contributed by atoms with Crippen molar-refractivity contribution < 1.29 is 17.9 Å². The zero-order chi connectivity index (χ0) is 30.0. The molecule has 1 aromatic carbocycles. The Balaban J connectivity index is 1.31. The smallest absolute Gasteiger partial charge is 0.434 e. The Kier molecular flexibility index (Phi) is 6.22. The quantitative estimate of drug-likeness (QED) is 0.220. The molecule has 10 nitrogen and oxygen atoms in total. The molecule has 0 atom stereocenters. The molecule has 0 saturated heterocycles. The Morgan fingerprint density at radius 1 is 1.00 bits per heavy atom. The summed E-state index contributed by atoms with van der Waals surface area (Å²) in [6.45, 7) is 4.11. The number of imidazole rings is 1. The first-order valence-electron chi connectivity index (χ1n) is 14.0. The van der Waals surface area contributed by atoms with Crippen molar-refractivity contribution in [2.24, 2.45) is 7.05 Å².